The van der Waals surface area contributed by atoms with Crippen LogP contribution < -0.4 is 10.6 Å². The molecule has 0 aromatic heterocycles. The van der Waals surface area contributed by atoms with Crippen LogP contribution in [0.5, 0.6) is 0 Å². The first-order valence-electron chi connectivity index (χ1n) is 8.73. The van der Waals surface area contributed by atoms with Crippen molar-refractivity contribution in [3.8, 4) is 0 Å². The fourth-order valence-corrected chi connectivity index (χ4v) is 3.94. The van der Waals surface area contributed by atoms with Gasteiger partial charge < -0.3 is 10.6 Å². The molecular formula is C17H32N2O. The van der Waals surface area contributed by atoms with Gasteiger partial charge in [0.1, 0.15) is 0 Å². The van der Waals surface area contributed by atoms with E-state index < -0.39 is 0 Å². The van der Waals surface area contributed by atoms with Gasteiger partial charge in [0.05, 0.1) is 0 Å². The highest BCUT2D eigenvalue weighted by molar-refractivity contribution is 5.77. The number of carbonyl (C=O) groups is 1. The van der Waals surface area contributed by atoms with E-state index in [2.05, 4.69) is 24.5 Å². The van der Waals surface area contributed by atoms with Crippen molar-refractivity contribution < 1.29 is 4.79 Å². The highest BCUT2D eigenvalue weighted by atomic mass is 16.1. The van der Waals surface area contributed by atoms with Crippen LogP contribution in [0, 0.1) is 11.8 Å². The van der Waals surface area contributed by atoms with E-state index in [1.807, 2.05) is 0 Å². The molecule has 0 aromatic carbocycles. The van der Waals surface area contributed by atoms with Crippen molar-refractivity contribution in [2.45, 2.75) is 83.7 Å². The van der Waals surface area contributed by atoms with E-state index in [9.17, 15) is 4.79 Å². The first-order valence-corrected chi connectivity index (χ1v) is 8.73. The summed E-state index contributed by atoms with van der Waals surface area (Å²) in [5.74, 6) is 1.60. The van der Waals surface area contributed by atoms with Crippen LogP contribution in [-0.4, -0.2) is 24.5 Å². The molecule has 2 rings (SSSR count). The van der Waals surface area contributed by atoms with Crippen molar-refractivity contribution in [1.82, 2.24) is 10.6 Å². The Labute approximate surface area is 124 Å². The molecule has 0 bridgehead atoms. The number of hydrogen-bond acceptors (Lipinski definition) is 2. The predicted molar refractivity (Wildman–Crippen MR) is 83.6 cm³/mol. The molecule has 116 valence electrons. The molecule has 20 heavy (non-hydrogen) atoms. The number of carbonyl (C=O) groups excluding carboxylic acids is 1. The lowest BCUT2D eigenvalue weighted by Crippen LogP contribution is -2.46. The van der Waals surface area contributed by atoms with Crippen LogP contribution in [0.1, 0.15) is 71.6 Å². The summed E-state index contributed by atoms with van der Waals surface area (Å²) in [6.07, 6.45) is 10.9. The van der Waals surface area contributed by atoms with Gasteiger partial charge in [-0.1, -0.05) is 33.1 Å². The van der Waals surface area contributed by atoms with E-state index in [0.717, 1.165) is 18.9 Å². The smallest absolute Gasteiger partial charge is 0.221 e. The molecule has 1 amide bonds. The number of hydrogen-bond donors (Lipinski definition) is 2. The highest BCUT2D eigenvalue weighted by Gasteiger charge is 2.27. The molecule has 0 aromatic rings. The van der Waals surface area contributed by atoms with E-state index in [1.165, 1.54) is 44.9 Å². The largest absolute Gasteiger partial charge is 0.353 e. The number of rotatable bonds is 5. The second-order valence-corrected chi connectivity index (χ2v) is 6.86. The summed E-state index contributed by atoms with van der Waals surface area (Å²) < 4.78 is 0. The third-order valence-electron chi connectivity index (χ3n) is 5.34. The minimum absolute atomic E-state index is 0.258. The maximum Gasteiger partial charge on any atom is 0.221 e. The molecule has 0 spiro atoms. The molecule has 3 heteroatoms. The minimum Gasteiger partial charge on any atom is -0.353 e. The van der Waals surface area contributed by atoms with Crippen LogP contribution in [0.3, 0.4) is 0 Å². The van der Waals surface area contributed by atoms with Gasteiger partial charge in [0.15, 0.2) is 0 Å². The Morgan fingerprint density at radius 2 is 1.95 bits per heavy atom. The first-order chi connectivity index (χ1) is 9.70. The van der Waals surface area contributed by atoms with Crippen molar-refractivity contribution in [3.63, 3.8) is 0 Å². The van der Waals surface area contributed by atoms with Gasteiger partial charge in [-0.05, 0) is 50.5 Å². The molecule has 1 heterocycles. The number of piperidine rings is 1. The topological polar surface area (TPSA) is 41.1 Å². The van der Waals surface area contributed by atoms with Gasteiger partial charge in [0, 0.05) is 18.5 Å². The van der Waals surface area contributed by atoms with Gasteiger partial charge in [0.2, 0.25) is 5.91 Å². The van der Waals surface area contributed by atoms with Crippen LogP contribution in [0.25, 0.3) is 0 Å². The summed E-state index contributed by atoms with van der Waals surface area (Å²) in [6, 6.07) is 0.786. The average molecular weight is 280 g/mol. The maximum atomic E-state index is 12.3. The van der Waals surface area contributed by atoms with Crippen LogP contribution in [0.2, 0.25) is 0 Å². The van der Waals surface area contributed by atoms with Crippen LogP contribution in [0.4, 0.5) is 0 Å². The Hall–Kier alpha value is -0.570. The zero-order valence-electron chi connectivity index (χ0n) is 13.3. The maximum absolute atomic E-state index is 12.3. The monoisotopic (exact) mass is 280 g/mol. The lowest BCUT2D eigenvalue weighted by atomic mass is 9.82. The Bertz CT molecular complexity index is 299. The second kappa shape index (κ2) is 8.02. The third kappa shape index (κ3) is 4.47. The van der Waals surface area contributed by atoms with Crippen molar-refractivity contribution >= 4 is 5.91 Å². The van der Waals surface area contributed by atoms with Gasteiger partial charge in [-0.3, -0.25) is 4.79 Å². The molecule has 2 N–H and O–H groups in total. The molecule has 3 unspecified atom stereocenters. The van der Waals surface area contributed by atoms with Gasteiger partial charge in [-0.15, -0.1) is 0 Å². The van der Waals surface area contributed by atoms with Gasteiger partial charge in [-0.2, -0.15) is 0 Å². The zero-order valence-corrected chi connectivity index (χ0v) is 13.3. The number of nitrogens with one attached hydrogen (secondary N) is 2. The lowest BCUT2D eigenvalue weighted by molar-refractivity contribution is -0.123. The summed E-state index contributed by atoms with van der Waals surface area (Å²) in [4.78, 5) is 12.3. The zero-order chi connectivity index (χ0) is 14.4. The molecular weight excluding hydrogens is 248 g/mol. The minimum atomic E-state index is 0.258. The van der Waals surface area contributed by atoms with E-state index in [-0.39, 0.29) is 5.91 Å². The fraction of sp³-hybridized carbons (Fsp3) is 0.941. The van der Waals surface area contributed by atoms with Crippen molar-refractivity contribution in [3.05, 3.63) is 0 Å². The molecule has 1 saturated carbocycles. The SMILES string of the molecule is CCC(NC(=O)CC1NCCCC1C)C1CCCCC1. The van der Waals surface area contributed by atoms with Crippen LogP contribution >= 0.6 is 0 Å². The van der Waals surface area contributed by atoms with E-state index >= 15 is 0 Å². The molecule has 1 aliphatic carbocycles. The van der Waals surface area contributed by atoms with E-state index in [4.69, 9.17) is 0 Å². The van der Waals surface area contributed by atoms with Gasteiger partial charge >= 0.3 is 0 Å². The quantitative estimate of drug-likeness (QED) is 0.811. The second-order valence-electron chi connectivity index (χ2n) is 6.86. The average Bonchev–Trinajstić information content (AvgIpc) is 2.48. The Kier molecular flexibility index (Phi) is 6.34. The summed E-state index contributed by atoms with van der Waals surface area (Å²) in [7, 11) is 0. The number of amides is 1. The van der Waals surface area contributed by atoms with Crippen LogP contribution in [-0.2, 0) is 4.79 Å². The van der Waals surface area contributed by atoms with Gasteiger partial charge in [0.25, 0.3) is 0 Å². The summed E-state index contributed by atoms with van der Waals surface area (Å²) >= 11 is 0. The Morgan fingerprint density at radius 3 is 2.60 bits per heavy atom. The Balaban J connectivity index is 1.79. The molecule has 2 aliphatic rings. The summed E-state index contributed by atoms with van der Waals surface area (Å²) in [5.41, 5.74) is 0. The highest BCUT2D eigenvalue weighted by Crippen LogP contribution is 2.28. The fourth-order valence-electron chi connectivity index (χ4n) is 3.94. The molecule has 1 aliphatic heterocycles. The van der Waals surface area contributed by atoms with E-state index in [1.54, 1.807) is 0 Å². The van der Waals surface area contributed by atoms with Crippen LogP contribution in [0.15, 0.2) is 0 Å². The van der Waals surface area contributed by atoms with Crippen molar-refractivity contribution in [2.75, 3.05) is 6.54 Å². The van der Waals surface area contributed by atoms with Crippen molar-refractivity contribution in [2.24, 2.45) is 11.8 Å². The molecule has 0 radical (unpaired) electrons. The molecule has 3 atom stereocenters. The van der Waals surface area contributed by atoms with Crippen molar-refractivity contribution in [1.29, 1.82) is 0 Å². The molecule has 2 fully saturated rings. The third-order valence-corrected chi connectivity index (χ3v) is 5.34. The standard InChI is InChI=1S/C17H32N2O/c1-3-15(14-9-5-4-6-10-14)19-17(20)12-16-13(2)8-7-11-18-16/h13-16,18H,3-12H2,1-2H3,(H,19,20). The normalized spacial score (nSPS) is 29.9. The first kappa shape index (κ1) is 15.8. The summed E-state index contributed by atoms with van der Waals surface area (Å²) in [6.45, 7) is 5.55. The lowest BCUT2D eigenvalue weighted by Gasteiger charge is -2.33. The van der Waals surface area contributed by atoms with E-state index in [0.29, 0.717) is 24.4 Å². The molecule has 3 nitrogen and oxygen atoms in total. The molecule has 1 saturated heterocycles. The Morgan fingerprint density at radius 1 is 1.20 bits per heavy atom. The predicted octanol–water partition coefficient (Wildman–Crippen LogP) is 3.24. The van der Waals surface area contributed by atoms with Gasteiger partial charge in [-0.25, -0.2) is 0 Å². The summed E-state index contributed by atoms with van der Waals surface area (Å²) in [5, 5.41) is 6.84.